The second kappa shape index (κ2) is 10.6. The molecule has 0 amide bonds. The molecule has 0 atom stereocenters. The van der Waals surface area contributed by atoms with Gasteiger partial charge in [-0.1, -0.05) is 81.5 Å². The third kappa shape index (κ3) is 5.18. The lowest BCUT2D eigenvalue weighted by Crippen LogP contribution is -2.14. The summed E-state index contributed by atoms with van der Waals surface area (Å²) in [5, 5.41) is 0.0998. The van der Waals surface area contributed by atoms with E-state index in [4.69, 9.17) is 0 Å². The summed E-state index contributed by atoms with van der Waals surface area (Å²) in [6, 6.07) is 12.7. The van der Waals surface area contributed by atoms with Crippen molar-refractivity contribution in [1.29, 1.82) is 0 Å². The molecule has 0 spiro atoms. The summed E-state index contributed by atoms with van der Waals surface area (Å²) in [5.41, 5.74) is 2.46. The second-order valence-corrected chi connectivity index (χ2v) is 9.55. The van der Waals surface area contributed by atoms with Crippen molar-refractivity contribution in [2.45, 2.75) is 64.7 Å². The molecule has 0 radical (unpaired) electrons. The highest BCUT2D eigenvalue weighted by Gasteiger charge is 2.21. The van der Waals surface area contributed by atoms with Crippen LogP contribution >= 0.6 is 0 Å². The van der Waals surface area contributed by atoms with Crippen molar-refractivity contribution >= 4 is 10.8 Å². The summed E-state index contributed by atoms with van der Waals surface area (Å²) in [6.45, 7) is 5.91. The van der Waals surface area contributed by atoms with E-state index >= 15 is 4.39 Å². The van der Waals surface area contributed by atoms with Crippen LogP contribution in [-0.4, -0.2) is 0 Å². The van der Waals surface area contributed by atoms with Gasteiger partial charge in [-0.3, -0.25) is 0 Å². The van der Waals surface area contributed by atoms with E-state index in [0.29, 0.717) is 29.4 Å². The molecular formula is C30H33F3. The Balaban J connectivity index is 1.51. The Labute approximate surface area is 195 Å². The molecule has 3 aromatic rings. The van der Waals surface area contributed by atoms with Crippen LogP contribution in [0.5, 0.6) is 0 Å². The maximum Gasteiger partial charge on any atom is 0.169 e. The number of allylic oxidation sites excluding steroid dienone is 1. The summed E-state index contributed by atoms with van der Waals surface area (Å²) in [6.07, 6.45) is 11.4. The van der Waals surface area contributed by atoms with E-state index < -0.39 is 17.5 Å². The van der Waals surface area contributed by atoms with Crippen LogP contribution in [0, 0.1) is 29.3 Å². The summed E-state index contributed by atoms with van der Waals surface area (Å²) in [4.78, 5) is 0. The van der Waals surface area contributed by atoms with Crippen molar-refractivity contribution in [3.8, 4) is 11.1 Å². The molecule has 0 nitrogen and oxygen atoms in total. The summed E-state index contributed by atoms with van der Waals surface area (Å²) in [7, 11) is 0. The first-order chi connectivity index (χ1) is 16.0. The number of halogens is 3. The molecule has 4 rings (SSSR count). The number of rotatable bonds is 8. The second-order valence-electron chi connectivity index (χ2n) is 9.55. The molecule has 1 fully saturated rings. The normalized spacial score (nSPS) is 18.5. The van der Waals surface area contributed by atoms with Crippen LogP contribution in [0.3, 0.4) is 0 Å². The molecule has 1 aliphatic carbocycles. The number of hydrogen-bond donors (Lipinski definition) is 0. The van der Waals surface area contributed by atoms with Crippen LogP contribution in [0.25, 0.3) is 21.9 Å². The highest BCUT2D eigenvalue weighted by Crippen LogP contribution is 2.35. The van der Waals surface area contributed by atoms with Gasteiger partial charge in [0.2, 0.25) is 0 Å². The Kier molecular flexibility index (Phi) is 7.57. The Morgan fingerprint density at radius 2 is 1.55 bits per heavy atom. The van der Waals surface area contributed by atoms with Gasteiger partial charge in [0.05, 0.1) is 5.39 Å². The molecule has 0 heterocycles. The van der Waals surface area contributed by atoms with Gasteiger partial charge in [0, 0.05) is 5.56 Å². The molecular weight excluding hydrogens is 417 g/mol. The molecule has 33 heavy (non-hydrogen) atoms. The molecule has 1 aliphatic rings. The Bertz CT molecular complexity index is 1110. The quantitative estimate of drug-likeness (QED) is 0.300. The highest BCUT2D eigenvalue weighted by molar-refractivity contribution is 5.89. The zero-order chi connectivity index (χ0) is 23.4. The zero-order valence-electron chi connectivity index (χ0n) is 19.5. The smallest absolute Gasteiger partial charge is 0.169 e. The Hall–Kier alpha value is -2.55. The molecule has 0 saturated heterocycles. The van der Waals surface area contributed by atoms with E-state index in [-0.39, 0.29) is 10.9 Å². The van der Waals surface area contributed by atoms with Crippen molar-refractivity contribution in [3.05, 3.63) is 83.7 Å². The monoisotopic (exact) mass is 450 g/mol. The summed E-state index contributed by atoms with van der Waals surface area (Å²) in [5.74, 6) is -1.07. The van der Waals surface area contributed by atoms with E-state index in [0.717, 1.165) is 18.3 Å². The molecule has 1 saturated carbocycles. The topological polar surface area (TPSA) is 0 Å². The maximum absolute atomic E-state index is 15.3. The molecule has 174 valence electrons. The van der Waals surface area contributed by atoms with E-state index in [9.17, 15) is 8.78 Å². The molecule has 0 bridgehead atoms. The van der Waals surface area contributed by atoms with Crippen molar-refractivity contribution in [3.63, 3.8) is 0 Å². The van der Waals surface area contributed by atoms with Crippen LogP contribution in [0.1, 0.15) is 63.0 Å². The van der Waals surface area contributed by atoms with Gasteiger partial charge in [-0.2, -0.15) is 0 Å². The Morgan fingerprint density at radius 3 is 2.21 bits per heavy atom. The first-order valence-electron chi connectivity index (χ1n) is 12.3. The molecule has 0 aliphatic heterocycles. The van der Waals surface area contributed by atoms with Gasteiger partial charge in [0.1, 0.15) is 5.82 Å². The average Bonchev–Trinajstić information content (AvgIpc) is 2.85. The first-order valence-corrected chi connectivity index (χ1v) is 12.3. The van der Waals surface area contributed by atoms with Crippen LogP contribution in [0.2, 0.25) is 0 Å². The van der Waals surface area contributed by atoms with Gasteiger partial charge in [-0.05, 0) is 65.7 Å². The Morgan fingerprint density at radius 1 is 0.848 bits per heavy atom. The molecule has 3 heteroatoms. The lowest BCUT2D eigenvalue weighted by Gasteiger charge is -2.27. The lowest BCUT2D eigenvalue weighted by molar-refractivity contribution is 0.259. The number of fused-ring (bicyclic) bond motifs is 1. The number of aryl methyl sites for hydroxylation is 2. The van der Waals surface area contributed by atoms with E-state index in [1.165, 1.54) is 44.1 Å². The molecule has 3 aromatic carbocycles. The van der Waals surface area contributed by atoms with Crippen LogP contribution in [0.4, 0.5) is 13.2 Å². The van der Waals surface area contributed by atoms with Gasteiger partial charge in [-0.25, -0.2) is 13.2 Å². The summed E-state index contributed by atoms with van der Waals surface area (Å²) >= 11 is 0. The third-order valence-electron chi connectivity index (χ3n) is 7.47. The van der Waals surface area contributed by atoms with E-state index in [2.05, 4.69) is 13.5 Å². The molecule has 0 unspecified atom stereocenters. The predicted molar refractivity (Wildman–Crippen MR) is 132 cm³/mol. The van der Waals surface area contributed by atoms with E-state index in [1.54, 1.807) is 24.3 Å². The fourth-order valence-corrected chi connectivity index (χ4v) is 5.25. The lowest BCUT2D eigenvalue weighted by atomic mass is 9.78. The first kappa shape index (κ1) is 23.6. The van der Waals surface area contributed by atoms with E-state index in [1.807, 2.05) is 24.3 Å². The van der Waals surface area contributed by atoms with Gasteiger partial charge in [0.25, 0.3) is 0 Å². The van der Waals surface area contributed by atoms with Crippen LogP contribution in [-0.2, 0) is 12.8 Å². The highest BCUT2D eigenvalue weighted by atomic mass is 19.2. The standard InChI is InChI=1S/C30H33F3/c1-3-5-6-25-19-24-17-18-26(29(32)27(24)30(33)28(25)31)23-15-13-22(14-16-23)12-11-21-9-7-20(4-2)8-10-21/h3,13-21H,1,4-12H2,2H3. The molecule has 0 N–H and O–H groups in total. The fourth-order valence-electron chi connectivity index (χ4n) is 5.25. The summed E-state index contributed by atoms with van der Waals surface area (Å²) < 4.78 is 44.6. The van der Waals surface area contributed by atoms with Crippen LogP contribution in [0.15, 0.2) is 55.1 Å². The van der Waals surface area contributed by atoms with Crippen molar-refractivity contribution in [1.82, 2.24) is 0 Å². The van der Waals surface area contributed by atoms with Crippen LogP contribution < -0.4 is 0 Å². The third-order valence-corrected chi connectivity index (χ3v) is 7.47. The van der Waals surface area contributed by atoms with Crippen molar-refractivity contribution in [2.24, 2.45) is 11.8 Å². The van der Waals surface area contributed by atoms with Gasteiger partial charge >= 0.3 is 0 Å². The largest absolute Gasteiger partial charge is 0.206 e. The van der Waals surface area contributed by atoms with Crippen molar-refractivity contribution in [2.75, 3.05) is 0 Å². The van der Waals surface area contributed by atoms with Gasteiger partial charge in [-0.15, -0.1) is 6.58 Å². The number of hydrogen-bond acceptors (Lipinski definition) is 0. The van der Waals surface area contributed by atoms with Gasteiger partial charge < -0.3 is 0 Å². The zero-order valence-corrected chi connectivity index (χ0v) is 19.5. The van der Waals surface area contributed by atoms with Crippen molar-refractivity contribution < 1.29 is 13.2 Å². The maximum atomic E-state index is 15.3. The fraction of sp³-hybridized carbons (Fsp3) is 0.400. The minimum Gasteiger partial charge on any atom is -0.206 e. The minimum absolute atomic E-state index is 0.250. The SMILES string of the molecule is C=CCCc1cc2ccc(-c3ccc(CCC4CCC(CC)CC4)cc3)c(F)c2c(F)c1F. The van der Waals surface area contributed by atoms with Gasteiger partial charge in [0.15, 0.2) is 11.6 Å². The number of benzene rings is 3. The minimum atomic E-state index is -1.11. The molecule has 0 aromatic heterocycles. The average molecular weight is 451 g/mol. The predicted octanol–water partition coefficient (Wildman–Crippen LogP) is 9.19.